The molecule has 1 aromatic carbocycles. The Balaban J connectivity index is 2.92. The molecule has 0 radical (unpaired) electrons. The third-order valence-corrected chi connectivity index (χ3v) is 2.61. The Morgan fingerprint density at radius 3 is 2.93 bits per heavy atom. The number of terminal acetylenes is 1. The smallest absolute Gasteiger partial charge is 0.103 e. The van der Waals surface area contributed by atoms with Crippen molar-refractivity contribution in [2.75, 3.05) is 5.32 Å². The van der Waals surface area contributed by atoms with Gasteiger partial charge in [-0.25, -0.2) is 0 Å². The fourth-order valence-corrected chi connectivity index (χ4v) is 1.71. The van der Waals surface area contributed by atoms with E-state index in [1.165, 1.54) is 0 Å². The van der Waals surface area contributed by atoms with E-state index < -0.39 is 0 Å². The van der Waals surface area contributed by atoms with Gasteiger partial charge in [-0.2, -0.15) is 5.26 Å². The van der Waals surface area contributed by atoms with E-state index in [0.29, 0.717) is 12.0 Å². The van der Waals surface area contributed by atoms with E-state index in [0.717, 1.165) is 10.2 Å². The number of rotatable bonds is 3. The quantitative estimate of drug-likeness (QED) is 0.850. The average molecular weight is 263 g/mol. The molecule has 15 heavy (non-hydrogen) atoms. The highest BCUT2D eigenvalue weighted by Crippen LogP contribution is 2.24. The number of nitrogens with zero attached hydrogens (tertiary/aromatic N) is 1. The Morgan fingerprint density at radius 2 is 2.33 bits per heavy atom. The Kier molecular flexibility index (Phi) is 4.21. The first-order valence-electron chi connectivity index (χ1n) is 4.57. The van der Waals surface area contributed by atoms with Crippen LogP contribution in [0.2, 0.25) is 0 Å². The topological polar surface area (TPSA) is 35.8 Å². The molecule has 2 nitrogen and oxygen atoms in total. The maximum atomic E-state index is 8.98. The van der Waals surface area contributed by atoms with E-state index in [9.17, 15) is 0 Å². The lowest BCUT2D eigenvalue weighted by atomic mass is 10.1. The van der Waals surface area contributed by atoms with Crippen LogP contribution in [-0.4, -0.2) is 6.04 Å². The Hall–Kier alpha value is -1.45. The van der Waals surface area contributed by atoms with Crippen molar-refractivity contribution >= 4 is 21.6 Å². The lowest BCUT2D eigenvalue weighted by Gasteiger charge is -2.14. The van der Waals surface area contributed by atoms with Gasteiger partial charge in [-0.3, -0.25) is 0 Å². The summed E-state index contributed by atoms with van der Waals surface area (Å²) in [4.78, 5) is 0. The molecule has 0 spiro atoms. The zero-order chi connectivity index (χ0) is 11.3. The predicted octanol–water partition coefficient (Wildman–Crippen LogP) is 3.14. The van der Waals surface area contributed by atoms with Crippen molar-refractivity contribution in [3.8, 4) is 18.4 Å². The predicted molar refractivity (Wildman–Crippen MR) is 65.4 cm³/mol. The molecule has 0 saturated heterocycles. The highest BCUT2D eigenvalue weighted by Gasteiger charge is 2.07. The molecule has 1 N–H and O–H groups in total. The van der Waals surface area contributed by atoms with Gasteiger partial charge in [0.25, 0.3) is 0 Å². The van der Waals surface area contributed by atoms with Crippen LogP contribution in [0.5, 0.6) is 0 Å². The summed E-state index contributed by atoms with van der Waals surface area (Å²) in [6, 6.07) is 7.91. The molecule has 0 aliphatic heterocycles. The molecule has 0 aromatic heterocycles. The van der Waals surface area contributed by atoms with Gasteiger partial charge in [-0.15, -0.1) is 12.3 Å². The highest BCUT2D eigenvalue weighted by atomic mass is 79.9. The fraction of sp³-hybridized carbons (Fsp3) is 0.250. The Morgan fingerprint density at radius 1 is 1.60 bits per heavy atom. The average Bonchev–Trinajstić information content (AvgIpc) is 2.18. The lowest BCUT2D eigenvalue weighted by Crippen LogP contribution is -2.14. The van der Waals surface area contributed by atoms with Gasteiger partial charge in [0, 0.05) is 16.9 Å². The lowest BCUT2D eigenvalue weighted by molar-refractivity contribution is 0.828. The third kappa shape index (κ3) is 3.01. The molecular formula is C12H11BrN2. The molecule has 3 heteroatoms. The third-order valence-electron chi connectivity index (χ3n) is 1.95. The van der Waals surface area contributed by atoms with Gasteiger partial charge in [-0.1, -0.05) is 6.07 Å². The van der Waals surface area contributed by atoms with Crippen LogP contribution in [0, 0.1) is 23.7 Å². The molecule has 1 unspecified atom stereocenters. The molecule has 1 aromatic rings. The molecule has 1 atom stereocenters. The van der Waals surface area contributed by atoms with Gasteiger partial charge in [-0.05, 0) is 35.0 Å². The number of nitrogens with one attached hydrogen (secondary N) is 1. The van der Waals surface area contributed by atoms with Gasteiger partial charge < -0.3 is 5.32 Å². The molecule has 0 bridgehead atoms. The summed E-state index contributed by atoms with van der Waals surface area (Å²) >= 11 is 3.33. The first-order chi connectivity index (χ1) is 7.19. The van der Waals surface area contributed by atoms with Crippen LogP contribution in [0.15, 0.2) is 22.7 Å². The van der Waals surface area contributed by atoms with Gasteiger partial charge in [0.2, 0.25) is 0 Å². The van der Waals surface area contributed by atoms with Crippen molar-refractivity contribution in [3.63, 3.8) is 0 Å². The summed E-state index contributed by atoms with van der Waals surface area (Å²) in [7, 11) is 0. The van der Waals surface area contributed by atoms with Crippen LogP contribution in [0.3, 0.4) is 0 Å². The summed E-state index contributed by atoms with van der Waals surface area (Å²) in [5.41, 5.74) is 1.43. The van der Waals surface area contributed by atoms with Crippen molar-refractivity contribution < 1.29 is 0 Å². The van der Waals surface area contributed by atoms with E-state index in [-0.39, 0.29) is 6.04 Å². The molecule has 1 rings (SSSR count). The van der Waals surface area contributed by atoms with Crippen LogP contribution in [0.4, 0.5) is 5.69 Å². The van der Waals surface area contributed by atoms with Crippen LogP contribution in [0.25, 0.3) is 0 Å². The van der Waals surface area contributed by atoms with Gasteiger partial charge in [0.15, 0.2) is 0 Å². The molecule has 76 valence electrons. The number of anilines is 1. The van der Waals surface area contributed by atoms with Crippen molar-refractivity contribution in [2.24, 2.45) is 0 Å². The second-order valence-electron chi connectivity index (χ2n) is 3.23. The maximum absolute atomic E-state index is 8.98. The van der Waals surface area contributed by atoms with E-state index in [1.807, 2.05) is 25.1 Å². The first kappa shape index (κ1) is 11.6. The number of hydrogen-bond acceptors (Lipinski definition) is 2. The van der Waals surface area contributed by atoms with Crippen LogP contribution >= 0.6 is 15.9 Å². The van der Waals surface area contributed by atoms with Crippen LogP contribution in [0.1, 0.15) is 18.9 Å². The molecular weight excluding hydrogens is 252 g/mol. The SMILES string of the molecule is C#CCC(C)Nc1cccc(Br)c1C#N. The second-order valence-corrected chi connectivity index (χ2v) is 4.08. The molecule has 0 aliphatic rings. The summed E-state index contributed by atoms with van der Waals surface area (Å²) in [5, 5.41) is 12.2. The van der Waals surface area contributed by atoms with Crippen molar-refractivity contribution in [3.05, 3.63) is 28.2 Å². The number of benzene rings is 1. The minimum atomic E-state index is 0.163. The molecule has 0 fully saturated rings. The molecule has 0 aliphatic carbocycles. The molecule has 0 heterocycles. The van der Waals surface area contributed by atoms with Crippen molar-refractivity contribution in [2.45, 2.75) is 19.4 Å². The minimum absolute atomic E-state index is 0.163. The van der Waals surface area contributed by atoms with Crippen LogP contribution in [-0.2, 0) is 0 Å². The normalized spacial score (nSPS) is 11.2. The van der Waals surface area contributed by atoms with E-state index >= 15 is 0 Å². The van der Waals surface area contributed by atoms with Crippen molar-refractivity contribution in [1.29, 1.82) is 5.26 Å². The number of hydrogen-bond donors (Lipinski definition) is 1. The first-order valence-corrected chi connectivity index (χ1v) is 5.37. The van der Waals surface area contributed by atoms with Gasteiger partial charge in [0.05, 0.1) is 11.3 Å². The summed E-state index contributed by atoms with van der Waals surface area (Å²) in [6.45, 7) is 1.99. The largest absolute Gasteiger partial charge is 0.381 e. The Labute approximate surface area is 98.4 Å². The number of halogens is 1. The standard InChI is InChI=1S/C12H11BrN2/c1-3-5-9(2)15-12-7-4-6-11(13)10(12)8-14/h1,4,6-7,9,15H,5H2,2H3. The van der Waals surface area contributed by atoms with E-state index in [4.69, 9.17) is 11.7 Å². The zero-order valence-corrected chi connectivity index (χ0v) is 10.0. The fourth-order valence-electron chi connectivity index (χ4n) is 1.25. The Bertz CT molecular complexity index is 426. The zero-order valence-electron chi connectivity index (χ0n) is 8.42. The van der Waals surface area contributed by atoms with E-state index in [1.54, 1.807) is 0 Å². The minimum Gasteiger partial charge on any atom is -0.381 e. The van der Waals surface area contributed by atoms with Crippen LogP contribution < -0.4 is 5.32 Å². The monoisotopic (exact) mass is 262 g/mol. The van der Waals surface area contributed by atoms with E-state index in [2.05, 4.69) is 33.2 Å². The number of nitriles is 1. The summed E-state index contributed by atoms with van der Waals surface area (Å²) in [6.07, 6.45) is 5.86. The van der Waals surface area contributed by atoms with Crippen molar-refractivity contribution in [1.82, 2.24) is 0 Å². The second kappa shape index (κ2) is 5.44. The summed E-state index contributed by atoms with van der Waals surface area (Å²) < 4.78 is 0.794. The molecule has 0 saturated carbocycles. The maximum Gasteiger partial charge on any atom is 0.103 e. The molecule has 0 amide bonds. The summed E-state index contributed by atoms with van der Waals surface area (Å²) in [5.74, 6) is 2.58. The van der Waals surface area contributed by atoms with Gasteiger partial charge in [0.1, 0.15) is 6.07 Å². The highest BCUT2D eigenvalue weighted by molar-refractivity contribution is 9.10. The van der Waals surface area contributed by atoms with Gasteiger partial charge >= 0.3 is 0 Å².